The number of hydrogen-bond donors (Lipinski definition) is 2. The summed E-state index contributed by atoms with van der Waals surface area (Å²) in [5, 5.41) is 9.07. The molecule has 2 aromatic heterocycles. The molecule has 5 nitrogen and oxygen atoms in total. The molecular weight excluding hydrogens is 332 g/mol. The summed E-state index contributed by atoms with van der Waals surface area (Å²) < 4.78 is 0. The summed E-state index contributed by atoms with van der Waals surface area (Å²) in [4.78, 5) is 21.5. The normalized spacial score (nSPS) is 32.6. The van der Waals surface area contributed by atoms with Crippen molar-refractivity contribution in [3.8, 4) is 0 Å². The number of hydrogen-bond acceptors (Lipinski definition) is 5. The van der Waals surface area contributed by atoms with Crippen LogP contribution in [0.2, 0.25) is 0 Å². The number of thiazole rings is 1. The number of nitrogens with one attached hydrogen (secondary N) is 2. The van der Waals surface area contributed by atoms with Gasteiger partial charge < -0.3 is 10.6 Å². The Morgan fingerprint density at radius 2 is 1.84 bits per heavy atom. The smallest absolute Gasteiger partial charge is 0.271 e. The van der Waals surface area contributed by atoms with Gasteiger partial charge >= 0.3 is 0 Å². The van der Waals surface area contributed by atoms with Gasteiger partial charge in [-0.15, -0.1) is 11.3 Å². The Morgan fingerprint density at radius 3 is 2.48 bits per heavy atom. The molecule has 2 N–H and O–H groups in total. The SMILES string of the molecule is O=C(NC12CC3CC(CC(C3)C1)C2)c1csc(Nc2ccccn2)n1. The van der Waals surface area contributed by atoms with Crippen molar-refractivity contribution in [2.45, 2.75) is 44.1 Å². The molecule has 130 valence electrons. The van der Waals surface area contributed by atoms with Crippen LogP contribution in [0.25, 0.3) is 0 Å². The molecule has 4 fully saturated rings. The van der Waals surface area contributed by atoms with E-state index in [1.165, 1.54) is 30.6 Å². The molecule has 25 heavy (non-hydrogen) atoms. The molecule has 1 amide bonds. The summed E-state index contributed by atoms with van der Waals surface area (Å²) in [5.74, 6) is 3.19. The summed E-state index contributed by atoms with van der Waals surface area (Å²) in [7, 11) is 0. The van der Waals surface area contributed by atoms with Crippen molar-refractivity contribution >= 4 is 28.2 Å². The predicted molar refractivity (Wildman–Crippen MR) is 98.0 cm³/mol. The zero-order valence-electron chi connectivity index (χ0n) is 14.1. The summed E-state index contributed by atoms with van der Waals surface area (Å²) >= 11 is 1.44. The molecule has 6 rings (SSSR count). The van der Waals surface area contributed by atoms with E-state index in [1.807, 2.05) is 23.6 Å². The fourth-order valence-electron chi connectivity index (χ4n) is 5.55. The lowest BCUT2D eigenvalue weighted by atomic mass is 9.53. The molecule has 2 heterocycles. The highest BCUT2D eigenvalue weighted by Crippen LogP contribution is 2.55. The number of aromatic nitrogens is 2. The van der Waals surface area contributed by atoms with Crippen LogP contribution in [0, 0.1) is 17.8 Å². The summed E-state index contributed by atoms with van der Waals surface area (Å²) in [5.41, 5.74) is 0.545. The van der Waals surface area contributed by atoms with Crippen LogP contribution in [0.3, 0.4) is 0 Å². The molecule has 4 saturated carbocycles. The molecule has 0 radical (unpaired) electrons. The van der Waals surface area contributed by atoms with E-state index in [0.717, 1.165) is 42.8 Å². The van der Waals surface area contributed by atoms with Gasteiger partial charge in [-0.2, -0.15) is 0 Å². The first-order valence-electron chi connectivity index (χ1n) is 9.14. The monoisotopic (exact) mass is 354 g/mol. The van der Waals surface area contributed by atoms with E-state index in [2.05, 4.69) is 20.6 Å². The van der Waals surface area contributed by atoms with Crippen molar-refractivity contribution in [1.29, 1.82) is 0 Å². The highest BCUT2D eigenvalue weighted by atomic mass is 32.1. The van der Waals surface area contributed by atoms with E-state index in [0.29, 0.717) is 10.8 Å². The first kappa shape index (κ1) is 15.3. The predicted octanol–water partition coefficient (Wildman–Crippen LogP) is 3.98. The first-order valence-corrected chi connectivity index (χ1v) is 10.0. The lowest BCUT2D eigenvalue weighted by Crippen LogP contribution is -2.59. The van der Waals surface area contributed by atoms with Crippen LogP contribution in [0.4, 0.5) is 10.9 Å². The number of amides is 1. The maximum atomic E-state index is 12.8. The molecule has 4 aliphatic rings. The van der Waals surface area contributed by atoms with E-state index in [1.54, 1.807) is 6.20 Å². The van der Waals surface area contributed by atoms with Crippen LogP contribution in [-0.2, 0) is 0 Å². The zero-order valence-corrected chi connectivity index (χ0v) is 14.9. The van der Waals surface area contributed by atoms with Crippen LogP contribution in [0.5, 0.6) is 0 Å². The van der Waals surface area contributed by atoms with Crippen LogP contribution in [0.1, 0.15) is 49.0 Å². The van der Waals surface area contributed by atoms with Gasteiger partial charge in [-0.05, 0) is 68.4 Å². The third-order valence-electron chi connectivity index (χ3n) is 6.05. The molecule has 0 unspecified atom stereocenters. The van der Waals surface area contributed by atoms with Crippen LogP contribution in [-0.4, -0.2) is 21.4 Å². The Bertz CT molecular complexity index is 752. The molecule has 0 aliphatic heterocycles. The van der Waals surface area contributed by atoms with Crippen molar-refractivity contribution in [3.63, 3.8) is 0 Å². The van der Waals surface area contributed by atoms with Gasteiger partial charge in [0.05, 0.1) is 0 Å². The molecule has 6 heteroatoms. The quantitative estimate of drug-likeness (QED) is 0.871. The van der Waals surface area contributed by atoms with Crippen molar-refractivity contribution in [2.75, 3.05) is 5.32 Å². The molecule has 4 aliphatic carbocycles. The minimum absolute atomic E-state index is 0.0210. The van der Waals surface area contributed by atoms with Gasteiger partial charge in [0.15, 0.2) is 5.13 Å². The average molecular weight is 354 g/mol. The standard InChI is InChI=1S/C19H22N4OS/c24-17(15-11-25-18(21-15)22-16-3-1-2-4-20-16)23-19-8-12-5-13(9-19)7-14(6-12)10-19/h1-4,11-14H,5-10H2,(H,23,24)(H,20,21,22). The van der Waals surface area contributed by atoms with Gasteiger partial charge in [0.25, 0.3) is 5.91 Å². The minimum atomic E-state index is -0.0210. The Hall–Kier alpha value is -1.95. The van der Waals surface area contributed by atoms with Gasteiger partial charge in [-0.1, -0.05) is 6.07 Å². The first-order chi connectivity index (χ1) is 12.2. The van der Waals surface area contributed by atoms with Crippen molar-refractivity contribution < 1.29 is 4.79 Å². The Morgan fingerprint density at radius 1 is 1.12 bits per heavy atom. The van der Waals surface area contributed by atoms with E-state index < -0.39 is 0 Å². The Kier molecular flexibility index (Phi) is 3.55. The van der Waals surface area contributed by atoms with Gasteiger partial charge in [-0.3, -0.25) is 4.79 Å². The fraction of sp³-hybridized carbons (Fsp3) is 0.526. The van der Waals surface area contributed by atoms with Crippen LogP contribution >= 0.6 is 11.3 Å². The van der Waals surface area contributed by atoms with Crippen LogP contribution in [0.15, 0.2) is 29.8 Å². The largest absolute Gasteiger partial charge is 0.345 e. The zero-order chi connectivity index (χ0) is 16.9. The van der Waals surface area contributed by atoms with Crippen molar-refractivity contribution in [3.05, 3.63) is 35.5 Å². The van der Waals surface area contributed by atoms with Gasteiger partial charge in [0.1, 0.15) is 11.5 Å². The number of pyridine rings is 1. The van der Waals surface area contributed by atoms with E-state index >= 15 is 0 Å². The van der Waals surface area contributed by atoms with E-state index in [4.69, 9.17) is 0 Å². The number of anilines is 2. The average Bonchev–Trinajstić information content (AvgIpc) is 3.03. The molecular formula is C19H22N4OS. The minimum Gasteiger partial charge on any atom is -0.345 e. The second kappa shape index (κ2) is 5.80. The third kappa shape index (κ3) is 2.92. The highest BCUT2D eigenvalue weighted by Gasteiger charge is 2.51. The number of nitrogens with zero attached hydrogens (tertiary/aromatic N) is 2. The maximum Gasteiger partial charge on any atom is 0.271 e. The second-order valence-corrected chi connectivity index (χ2v) is 8.89. The lowest BCUT2D eigenvalue weighted by Gasteiger charge is -2.56. The van der Waals surface area contributed by atoms with Gasteiger partial charge in [0.2, 0.25) is 0 Å². The topological polar surface area (TPSA) is 66.9 Å². The van der Waals surface area contributed by atoms with Gasteiger partial charge in [-0.25, -0.2) is 9.97 Å². The molecule has 2 aromatic rings. The molecule has 0 aromatic carbocycles. The maximum absolute atomic E-state index is 12.8. The molecule has 0 spiro atoms. The van der Waals surface area contributed by atoms with Gasteiger partial charge in [0, 0.05) is 17.1 Å². The fourth-order valence-corrected chi connectivity index (χ4v) is 6.25. The molecule has 0 atom stereocenters. The Labute approximate surface area is 151 Å². The number of carbonyl (C=O) groups excluding carboxylic acids is 1. The summed E-state index contributed by atoms with van der Waals surface area (Å²) in [6, 6.07) is 5.68. The Balaban J connectivity index is 1.29. The van der Waals surface area contributed by atoms with Crippen LogP contribution < -0.4 is 10.6 Å². The highest BCUT2D eigenvalue weighted by molar-refractivity contribution is 7.14. The molecule has 4 bridgehead atoms. The second-order valence-electron chi connectivity index (χ2n) is 8.03. The number of rotatable bonds is 4. The van der Waals surface area contributed by atoms with E-state index in [-0.39, 0.29) is 11.4 Å². The third-order valence-corrected chi connectivity index (χ3v) is 6.81. The lowest BCUT2D eigenvalue weighted by molar-refractivity contribution is -0.0167. The summed E-state index contributed by atoms with van der Waals surface area (Å²) in [6.07, 6.45) is 9.35. The number of carbonyl (C=O) groups is 1. The van der Waals surface area contributed by atoms with Crippen molar-refractivity contribution in [2.24, 2.45) is 17.8 Å². The molecule has 0 saturated heterocycles. The van der Waals surface area contributed by atoms with E-state index in [9.17, 15) is 4.79 Å². The van der Waals surface area contributed by atoms with Crippen molar-refractivity contribution in [1.82, 2.24) is 15.3 Å². The summed E-state index contributed by atoms with van der Waals surface area (Å²) in [6.45, 7) is 0.